The normalized spacial score (nSPS) is 30.0. The van der Waals surface area contributed by atoms with E-state index in [0.29, 0.717) is 5.54 Å². The van der Waals surface area contributed by atoms with Gasteiger partial charge in [0.1, 0.15) is 0 Å². The Kier molecular flexibility index (Phi) is 2.58. The molecule has 0 unspecified atom stereocenters. The van der Waals surface area contributed by atoms with Crippen molar-refractivity contribution in [1.82, 2.24) is 15.5 Å². The van der Waals surface area contributed by atoms with Crippen molar-refractivity contribution in [2.24, 2.45) is 0 Å². The van der Waals surface area contributed by atoms with Crippen LogP contribution >= 0.6 is 0 Å². The van der Waals surface area contributed by atoms with Crippen LogP contribution in [0.4, 0.5) is 0 Å². The summed E-state index contributed by atoms with van der Waals surface area (Å²) >= 11 is 0. The monoisotopic (exact) mass is 183 g/mol. The highest BCUT2D eigenvalue weighted by Crippen LogP contribution is 2.23. The van der Waals surface area contributed by atoms with E-state index < -0.39 is 0 Å². The van der Waals surface area contributed by atoms with Crippen LogP contribution in [0.15, 0.2) is 0 Å². The third-order valence-electron chi connectivity index (χ3n) is 3.78. The van der Waals surface area contributed by atoms with Gasteiger partial charge in [-0.15, -0.1) is 0 Å². The van der Waals surface area contributed by atoms with Gasteiger partial charge < -0.3 is 10.6 Å². The Morgan fingerprint density at radius 1 is 1.31 bits per heavy atom. The van der Waals surface area contributed by atoms with E-state index in [1.54, 1.807) is 0 Å². The van der Waals surface area contributed by atoms with E-state index in [1.165, 1.54) is 39.0 Å². The highest BCUT2D eigenvalue weighted by Gasteiger charge is 2.33. The predicted molar refractivity (Wildman–Crippen MR) is 54.9 cm³/mol. The van der Waals surface area contributed by atoms with E-state index in [0.717, 1.165) is 6.04 Å². The molecule has 0 saturated carbocycles. The average Bonchev–Trinajstić information content (AvgIpc) is 2.06. The van der Waals surface area contributed by atoms with E-state index in [1.807, 2.05) is 0 Å². The van der Waals surface area contributed by atoms with Gasteiger partial charge in [-0.2, -0.15) is 0 Å². The molecule has 0 bridgehead atoms. The molecular formula is C10H21N3. The minimum atomic E-state index is 0.397. The van der Waals surface area contributed by atoms with Gasteiger partial charge in [0.15, 0.2) is 0 Å². The highest BCUT2D eigenvalue weighted by molar-refractivity contribution is 4.93. The van der Waals surface area contributed by atoms with Gasteiger partial charge in [-0.25, -0.2) is 0 Å². The summed E-state index contributed by atoms with van der Waals surface area (Å²) in [5, 5.41) is 6.77. The fourth-order valence-electron chi connectivity index (χ4n) is 2.16. The third-order valence-corrected chi connectivity index (χ3v) is 3.78. The minimum Gasteiger partial charge on any atom is -0.314 e. The summed E-state index contributed by atoms with van der Waals surface area (Å²) in [6.45, 7) is 7.28. The van der Waals surface area contributed by atoms with Crippen molar-refractivity contribution < 1.29 is 0 Å². The van der Waals surface area contributed by atoms with Gasteiger partial charge in [0.25, 0.3) is 0 Å². The summed E-state index contributed by atoms with van der Waals surface area (Å²) < 4.78 is 0. The van der Waals surface area contributed by atoms with Crippen LogP contribution < -0.4 is 10.6 Å². The Morgan fingerprint density at radius 3 is 2.31 bits per heavy atom. The van der Waals surface area contributed by atoms with E-state index in [2.05, 4.69) is 29.5 Å². The van der Waals surface area contributed by atoms with Crippen molar-refractivity contribution in [1.29, 1.82) is 0 Å². The van der Waals surface area contributed by atoms with Crippen molar-refractivity contribution in [3.8, 4) is 0 Å². The number of nitrogens with zero attached hydrogens (tertiary/aromatic N) is 1. The number of likely N-dealkylation sites (tertiary alicyclic amines) is 1. The maximum atomic E-state index is 3.43. The maximum absolute atomic E-state index is 3.43. The van der Waals surface area contributed by atoms with E-state index in [4.69, 9.17) is 0 Å². The molecule has 0 spiro atoms. The van der Waals surface area contributed by atoms with Gasteiger partial charge in [-0.1, -0.05) is 0 Å². The fraction of sp³-hybridized carbons (Fsp3) is 1.00. The van der Waals surface area contributed by atoms with Gasteiger partial charge in [0.05, 0.1) is 0 Å². The third kappa shape index (κ3) is 1.87. The molecule has 2 heterocycles. The Labute approximate surface area is 80.9 Å². The molecule has 2 fully saturated rings. The minimum absolute atomic E-state index is 0.397. The lowest BCUT2D eigenvalue weighted by atomic mass is 9.88. The topological polar surface area (TPSA) is 27.3 Å². The Hall–Kier alpha value is -0.120. The largest absolute Gasteiger partial charge is 0.314 e. The second kappa shape index (κ2) is 3.56. The fourth-order valence-corrected chi connectivity index (χ4v) is 2.16. The van der Waals surface area contributed by atoms with Crippen LogP contribution in [0.5, 0.6) is 0 Å². The van der Waals surface area contributed by atoms with Gasteiger partial charge in [0.2, 0.25) is 0 Å². The standard InChI is InChI=1S/C10H21N3/c1-10(11-2)3-5-13(6-4-10)9-7-12-8-9/h9,11-12H,3-8H2,1-2H3. The maximum Gasteiger partial charge on any atom is 0.0345 e. The second-order valence-corrected chi connectivity index (χ2v) is 4.66. The van der Waals surface area contributed by atoms with Gasteiger partial charge in [0, 0.05) is 37.8 Å². The van der Waals surface area contributed by atoms with Gasteiger partial charge in [-0.3, -0.25) is 4.90 Å². The van der Waals surface area contributed by atoms with Crippen LogP contribution in [0.3, 0.4) is 0 Å². The lowest BCUT2D eigenvalue weighted by molar-refractivity contribution is 0.0830. The molecule has 3 heteroatoms. The summed E-state index contributed by atoms with van der Waals surface area (Å²) in [6, 6.07) is 0.835. The number of piperidine rings is 1. The molecular weight excluding hydrogens is 162 g/mol. The molecule has 2 N–H and O–H groups in total. The van der Waals surface area contributed by atoms with Crippen molar-refractivity contribution in [2.45, 2.75) is 31.3 Å². The van der Waals surface area contributed by atoms with Crippen molar-refractivity contribution in [3.05, 3.63) is 0 Å². The zero-order chi connectivity index (χ0) is 9.31. The van der Waals surface area contributed by atoms with Crippen molar-refractivity contribution >= 4 is 0 Å². The number of nitrogens with one attached hydrogen (secondary N) is 2. The first-order valence-corrected chi connectivity index (χ1v) is 5.37. The Morgan fingerprint density at radius 2 is 1.92 bits per heavy atom. The predicted octanol–water partition coefficient (Wildman–Crippen LogP) is 0.0321. The lowest BCUT2D eigenvalue weighted by Gasteiger charge is -2.45. The zero-order valence-corrected chi connectivity index (χ0v) is 8.77. The first-order chi connectivity index (χ1) is 6.23. The first kappa shape index (κ1) is 9.44. The lowest BCUT2D eigenvalue weighted by Crippen LogP contribution is -2.61. The molecule has 0 atom stereocenters. The number of hydrogen-bond donors (Lipinski definition) is 2. The smallest absolute Gasteiger partial charge is 0.0345 e. The highest BCUT2D eigenvalue weighted by atomic mass is 15.2. The summed E-state index contributed by atoms with van der Waals surface area (Å²) in [7, 11) is 2.08. The summed E-state index contributed by atoms with van der Waals surface area (Å²) in [4.78, 5) is 2.63. The molecule has 0 aromatic carbocycles. The van der Waals surface area contributed by atoms with E-state index in [-0.39, 0.29) is 0 Å². The molecule has 2 rings (SSSR count). The molecule has 3 nitrogen and oxygen atoms in total. The van der Waals surface area contributed by atoms with Crippen molar-refractivity contribution in [3.63, 3.8) is 0 Å². The summed E-state index contributed by atoms with van der Waals surface area (Å²) in [5.74, 6) is 0. The molecule has 0 radical (unpaired) electrons. The summed E-state index contributed by atoms with van der Waals surface area (Å²) in [6.07, 6.45) is 2.58. The average molecular weight is 183 g/mol. The molecule has 0 aliphatic carbocycles. The van der Waals surface area contributed by atoms with Crippen LogP contribution in [0, 0.1) is 0 Å². The molecule has 13 heavy (non-hydrogen) atoms. The van der Waals surface area contributed by atoms with Crippen LogP contribution in [-0.2, 0) is 0 Å². The molecule has 76 valence electrons. The van der Waals surface area contributed by atoms with Crippen LogP contribution in [-0.4, -0.2) is 49.7 Å². The molecule has 0 aromatic heterocycles. The van der Waals surface area contributed by atoms with Gasteiger partial charge >= 0.3 is 0 Å². The quantitative estimate of drug-likeness (QED) is 0.632. The molecule has 2 aliphatic rings. The first-order valence-electron chi connectivity index (χ1n) is 5.37. The van der Waals surface area contributed by atoms with Crippen LogP contribution in [0.25, 0.3) is 0 Å². The van der Waals surface area contributed by atoms with Crippen LogP contribution in [0.1, 0.15) is 19.8 Å². The van der Waals surface area contributed by atoms with E-state index in [9.17, 15) is 0 Å². The summed E-state index contributed by atoms with van der Waals surface area (Å²) in [5.41, 5.74) is 0.397. The second-order valence-electron chi connectivity index (χ2n) is 4.66. The van der Waals surface area contributed by atoms with Crippen LogP contribution in [0.2, 0.25) is 0 Å². The zero-order valence-electron chi connectivity index (χ0n) is 8.77. The van der Waals surface area contributed by atoms with E-state index >= 15 is 0 Å². The van der Waals surface area contributed by atoms with Gasteiger partial charge in [-0.05, 0) is 26.8 Å². The SMILES string of the molecule is CNC1(C)CCN(C2CNC2)CC1. The van der Waals surface area contributed by atoms with Crippen molar-refractivity contribution in [2.75, 3.05) is 33.2 Å². The number of rotatable bonds is 2. The Balaban J connectivity index is 1.81. The molecule has 2 aliphatic heterocycles. The number of hydrogen-bond acceptors (Lipinski definition) is 3. The molecule has 0 amide bonds. The molecule has 2 saturated heterocycles. The Bertz CT molecular complexity index is 169. The molecule has 0 aromatic rings.